The highest BCUT2D eigenvalue weighted by Gasteiger charge is 2.45. The molecule has 0 bridgehead atoms. The van der Waals surface area contributed by atoms with E-state index in [1.165, 1.54) is 215 Å². The Morgan fingerprint density at radius 2 is 0.755 bits per heavy atom. The zero-order chi connectivity index (χ0) is 64.7. The lowest BCUT2D eigenvalue weighted by molar-refractivity contribution is 0.868. The summed E-state index contributed by atoms with van der Waals surface area (Å²) in [6.45, 7) is 11.6. The second-order valence-electron chi connectivity index (χ2n) is 29.1. The van der Waals surface area contributed by atoms with Crippen LogP contribution in [0.3, 0.4) is 0 Å². The van der Waals surface area contributed by atoms with Crippen LogP contribution in [-0.4, -0.2) is 31.7 Å². The second-order valence-corrected chi connectivity index (χ2v) is 29.1. The molecule has 0 N–H and O–H groups in total. The van der Waals surface area contributed by atoms with Gasteiger partial charge in [-0.1, -0.05) is 233 Å². The van der Waals surface area contributed by atoms with Gasteiger partial charge >= 0.3 is 0 Å². The summed E-state index contributed by atoms with van der Waals surface area (Å²) >= 11 is 0. The molecule has 0 amide bonds. The van der Waals surface area contributed by atoms with Crippen molar-refractivity contribution in [2.45, 2.75) is 52.9 Å². The number of aryl methyl sites for hydroxylation is 1. The summed E-state index contributed by atoms with van der Waals surface area (Å²) in [6, 6.07) is 106. The molecule has 0 fully saturated rings. The molecule has 4 nitrogen and oxygen atoms in total. The maximum atomic E-state index is 2.69. The standard InChI is InChI=1S/C92H64B2N4/c1-52(2)60-39-41-76-68(47-60)70-50-64(53(3)4)51-74-90(70)96(76)78-35-21-37-80-86(78)94(74)84-66-33-18-16-30-62(66)49-72-82(88(98(80)92(72)84)59-27-13-8-14-28-59)63-31-19-22-55(44-63)43-56-45-69-67-42-54(5)38-40-75(67)95-77-34-20-36-79-85(77)93(73(46-56)89(69)95)83-65-32-17-15-29-61(65)48-71-81(57-23-9-6-10-24-57)87(97(79)91(71)83)58-25-11-7-12-26-58/h6-42,44-53H,43H2,1-5H3. The molecule has 14 aromatic carbocycles. The molecule has 18 aromatic rings. The van der Waals surface area contributed by atoms with Crippen LogP contribution in [0.25, 0.3) is 154 Å². The highest BCUT2D eigenvalue weighted by atomic mass is 15.1. The summed E-state index contributed by atoms with van der Waals surface area (Å²) in [5.74, 6) is 0.766. The number of benzene rings is 14. The number of rotatable bonds is 8. The summed E-state index contributed by atoms with van der Waals surface area (Å²) < 4.78 is 10.6. The minimum Gasteiger partial charge on any atom is -0.310 e. The van der Waals surface area contributed by atoms with E-state index in [4.69, 9.17) is 0 Å². The Morgan fingerprint density at radius 3 is 1.33 bits per heavy atom. The first-order valence-electron chi connectivity index (χ1n) is 35.1. The summed E-state index contributed by atoms with van der Waals surface area (Å²) in [5, 5.41) is 13.0. The average Bonchev–Trinajstić information content (AvgIpc) is 1.46. The lowest BCUT2D eigenvalue weighted by Gasteiger charge is -2.35. The Hall–Kier alpha value is -11.6. The monoisotopic (exact) mass is 1250 g/mol. The fraction of sp³-hybridized carbons (Fsp3) is 0.0870. The molecule has 8 heterocycles. The van der Waals surface area contributed by atoms with Gasteiger partial charge in [0.05, 0.1) is 33.5 Å². The van der Waals surface area contributed by atoms with Gasteiger partial charge in [0, 0.05) is 77.2 Å². The Labute approximate surface area is 569 Å². The van der Waals surface area contributed by atoms with Crippen molar-refractivity contribution in [1.29, 1.82) is 0 Å². The molecule has 0 saturated heterocycles. The van der Waals surface area contributed by atoms with E-state index in [1.54, 1.807) is 0 Å². The molecular formula is C92H64B2N4. The van der Waals surface area contributed by atoms with Crippen LogP contribution in [0.4, 0.5) is 0 Å². The van der Waals surface area contributed by atoms with Crippen LogP contribution in [0, 0.1) is 6.92 Å². The van der Waals surface area contributed by atoms with Crippen molar-refractivity contribution in [3.05, 3.63) is 301 Å². The van der Waals surface area contributed by atoms with Gasteiger partial charge in [-0.15, -0.1) is 0 Å². The van der Waals surface area contributed by atoms with Gasteiger partial charge in [-0.05, 0) is 197 Å². The molecule has 0 spiro atoms. The molecule has 458 valence electrons. The smallest absolute Gasteiger partial charge is 0.253 e. The van der Waals surface area contributed by atoms with Gasteiger partial charge in [0.15, 0.2) is 0 Å². The van der Waals surface area contributed by atoms with E-state index in [-0.39, 0.29) is 13.4 Å². The van der Waals surface area contributed by atoms with Gasteiger partial charge in [0.2, 0.25) is 0 Å². The SMILES string of the molecule is Cc1ccc2c(c1)c1cc(Cc3cccc(-c4c(-c5ccccc5)n5c6c(c7ccccc7cc46)B4c6c-5cccc6-n5c6ccc(C(C)C)cc6c6cc(C(C)C)cc4c65)c3)cc3c1n2-c1cccc2c1B3c1c3ccccc3cc3c(-c4ccccc4)c(-c4ccccc4)n-2c13. The van der Waals surface area contributed by atoms with Crippen LogP contribution in [0.1, 0.15) is 67.3 Å². The van der Waals surface area contributed by atoms with E-state index in [2.05, 4.69) is 326 Å². The Balaban J connectivity index is 0.787. The highest BCUT2D eigenvalue weighted by Crippen LogP contribution is 2.50. The van der Waals surface area contributed by atoms with E-state index in [9.17, 15) is 0 Å². The first kappa shape index (κ1) is 54.6. The zero-order valence-corrected chi connectivity index (χ0v) is 55.3. The molecule has 0 radical (unpaired) electrons. The maximum absolute atomic E-state index is 2.69. The van der Waals surface area contributed by atoms with Crippen LogP contribution in [-0.2, 0) is 6.42 Å². The topological polar surface area (TPSA) is 19.7 Å². The van der Waals surface area contributed by atoms with Crippen LogP contribution >= 0.6 is 0 Å². The fourth-order valence-corrected chi connectivity index (χ4v) is 19.0. The third-order valence-electron chi connectivity index (χ3n) is 23.0. The first-order valence-corrected chi connectivity index (χ1v) is 35.1. The largest absolute Gasteiger partial charge is 0.310 e. The number of aromatic nitrogens is 4. The molecule has 0 saturated carbocycles. The fourth-order valence-electron chi connectivity index (χ4n) is 19.0. The average molecular weight is 1250 g/mol. The lowest BCUT2D eigenvalue weighted by Crippen LogP contribution is -2.59. The van der Waals surface area contributed by atoms with Gasteiger partial charge in [-0.2, -0.15) is 0 Å². The van der Waals surface area contributed by atoms with E-state index in [0.717, 1.165) is 6.42 Å². The highest BCUT2D eigenvalue weighted by molar-refractivity contribution is 7.02. The summed E-state index contributed by atoms with van der Waals surface area (Å²) in [6.07, 6.45) is 0.753. The van der Waals surface area contributed by atoms with Crippen molar-refractivity contribution in [2.24, 2.45) is 0 Å². The van der Waals surface area contributed by atoms with Crippen molar-refractivity contribution >= 4 is 133 Å². The molecular weight excluding hydrogens is 1180 g/mol. The summed E-state index contributed by atoms with van der Waals surface area (Å²) in [7, 11) is 0. The third-order valence-corrected chi connectivity index (χ3v) is 23.0. The number of nitrogens with zero attached hydrogens (tertiary/aromatic N) is 4. The molecule has 22 rings (SSSR count). The van der Waals surface area contributed by atoms with Gasteiger partial charge in [-0.25, -0.2) is 0 Å². The Morgan fingerprint density at radius 1 is 0.296 bits per heavy atom. The second kappa shape index (κ2) is 19.8. The van der Waals surface area contributed by atoms with Crippen molar-refractivity contribution in [1.82, 2.24) is 18.3 Å². The summed E-state index contributed by atoms with van der Waals surface area (Å²) in [4.78, 5) is 0. The molecule has 4 aliphatic rings. The molecule has 6 heteroatoms. The van der Waals surface area contributed by atoms with E-state index >= 15 is 0 Å². The zero-order valence-electron chi connectivity index (χ0n) is 55.3. The van der Waals surface area contributed by atoms with Gasteiger partial charge in [0.25, 0.3) is 13.4 Å². The normalized spacial score (nSPS) is 13.1. The van der Waals surface area contributed by atoms with E-state index < -0.39 is 0 Å². The Bertz CT molecular complexity index is 6590. The predicted molar refractivity (Wildman–Crippen MR) is 417 cm³/mol. The number of hydrogen-bond donors (Lipinski definition) is 0. The van der Waals surface area contributed by atoms with Gasteiger partial charge in [-0.3, -0.25) is 0 Å². The van der Waals surface area contributed by atoms with Crippen molar-refractivity contribution < 1.29 is 0 Å². The molecule has 4 aromatic heterocycles. The van der Waals surface area contributed by atoms with E-state index in [0.29, 0.717) is 11.8 Å². The van der Waals surface area contributed by atoms with Crippen LogP contribution in [0.2, 0.25) is 0 Å². The van der Waals surface area contributed by atoms with Crippen molar-refractivity contribution in [2.75, 3.05) is 0 Å². The van der Waals surface area contributed by atoms with E-state index in [1.807, 2.05) is 0 Å². The number of fused-ring (bicyclic) bond motifs is 18. The summed E-state index contributed by atoms with van der Waals surface area (Å²) in [5.41, 5.74) is 37.5. The van der Waals surface area contributed by atoms with Crippen LogP contribution < -0.4 is 32.8 Å². The molecule has 4 aliphatic heterocycles. The molecule has 98 heavy (non-hydrogen) atoms. The third kappa shape index (κ3) is 7.16. The minimum absolute atomic E-state index is 0.00780. The quantitative estimate of drug-likeness (QED) is 0.135. The lowest BCUT2D eigenvalue weighted by atomic mass is 9.33. The predicted octanol–water partition coefficient (Wildman–Crippen LogP) is 19.2. The Kier molecular flexibility index (Phi) is 11.0. The van der Waals surface area contributed by atoms with Gasteiger partial charge in [0.1, 0.15) is 0 Å². The molecule has 0 unspecified atom stereocenters. The van der Waals surface area contributed by atoms with Crippen LogP contribution in [0.5, 0.6) is 0 Å². The first-order chi connectivity index (χ1) is 48.2. The van der Waals surface area contributed by atoms with Gasteiger partial charge < -0.3 is 18.3 Å². The number of hydrogen-bond acceptors (Lipinski definition) is 0. The minimum atomic E-state index is -0.0541. The molecule has 0 aliphatic carbocycles. The van der Waals surface area contributed by atoms with Crippen LogP contribution in [0.15, 0.2) is 273 Å². The van der Waals surface area contributed by atoms with Crippen molar-refractivity contribution in [3.63, 3.8) is 0 Å². The maximum Gasteiger partial charge on any atom is 0.253 e. The molecule has 0 atom stereocenters. The van der Waals surface area contributed by atoms with Crippen molar-refractivity contribution in [3.8, 4) is 67.5 Å².